The lowest BCUT2D eigenvalue weighted by Gasteiger charge is -2.46. The molecule has 0 amide bonds. The molecule has 0 radical (unpaired) electrons. The summed E-state index contributed by atoms with van der Waals surface area (Å²) in [5, 5.41) is 0. The molecule has 0 aromatic carbocycles. The van der Waals surface area contributed by atoms with E-state index in [9.17, 15) is 0 Å². The molecule has 1 aliphatic heterocycles. The van der Waals surface area contributed by atoms with Gasteiger partial charge in [-0.25, -0.2) is 0 Å². The summed E-state index contributed by atoms with van der Waals surface area (Å²) >= 11 is 0. The smallest absolute Gasteiger partial charge is 0.0222 e. The molecule has 1 saturated carbocycles. The van der Waals surface area contributed by atoms with Gasteiger partial charge in [0.15, 0.2) is 0 Å². The Hall–Kier alpha value is -0.120. The Bertz CT molecular complexity index is 251. The number of rotatable bonds is 4. The molecule has 3 heteroatoms. The maximum Gasteiger partial charge on any atom is 0.0222 e. The van der Waals surface area contributed by atoms with E-state index in [2.05, 4.69) is 30.7 Å². The molecule has 2 rings (SSSR count). The molecule has 112 valence electrons. The highest BCUT2D eigenvalue weighted by Gasteiger charge is 2.31. The maximum atomic E-state index is 6.09. The lowest BCUT2D eigenvalue weighted by Crippen LogP contribution is -2.59. The summed E-state index contributed by atoms with van der Waals surface area (Å²) < 4.78 is 0. The molecule has 19 heavy (non-hydrogen) atoms. The quantitative estimate of drug-likeness (QED) is 0.848. The Morgan fingerprint density at radius 2 is 1.63 bits per heavy atom. The van der Waals surface area contributed by atoms with Gasteiger partial charge in [-0.05, 0) is 33.2 Å². The van der Waals surface area contributed by atoms with Crippen LogP contribution in [0.5, 0.6) is 0 Å². The zero-order valence-corrected chi connectivity index (χ0v) is 13.1. The van der Waals surface area contributed by atoms with Crippen molar-refractivity contribution in [2.24, 2.45) is 11.7 Å². The van der Waals surface area contributed by atoms with Crippen molar-refractivity contribution < 1.29 is 0 Å². The number of hydrogen-bond donors (Lipinski definition) is 1. The van der Waals surface area contributed by atoms with Gasteiger partial charge in [-0.2, -0.15) is 0 Å². The minimum atomic E-state index is 0.613. The van der Waals surface area contributed by atoms with E-state index in [0.29, 0.717) is 18.1 Å². The SMILES string of the molecule is CC1CN(C(CN)CC2CCCCC2)CC(C)N1C. The molecule has 3 atom stereocenters. The van der Waals surface area contributed by atoms with Gasteiger partial charge >= 0.3 is 0 Å². The normalized spacial score (nSPS) is 33.5. The van der Waals surface area contributed by atoms with Crippen molar-refractivity contribution in [2.45, 2.75) is 70.5 Å². The molecule has 2 fully saturated rings. The lowest BCUT2D eigenvalue weighted by atomic mass is 9.84. The van der Waals surface area contributed by atoms with E-state index in [-0.39, 0.29) is 0 Å². The average Bonchev–Trinajstić information content (AvgIpc) is 2.42. The van der Waals surface area contributed by atoms with E-state index < -0.39 is 0 Å². The van der Waals surface area contributed by atoms with Crippen LogP contribution in [-0.2, 0) is 0 Å². The summed E-state index contributed by atoms with van der Waals surface area (Å²) in [5.74, 6) is 0.938. The third kappa shape index (κ3) is 3.93. The molecule has 0 bridgehead atoms. The van der Waals surface area contributed by atoms with Gasteiger partial charge in [-0.15, -0.1) is 0 Å². The first-order valence-corrected chi connectivity index (χ1v) is 8.27. The molecule has 0 aromatic rings. The standard InChI is InChI=1S/C16H33N3/c1-13-11-19(12-14(2)18(13)3)16(10-17)9-15-7-5-4-6-8-15/h13-16H,4-12,17H2,1-3H3. The van der Waals surface area contributed by atoms with Crippen LogP contribution in [0.3, 0.4) is 0 Å². The Kier molecular flexibility index (Phi) is 5.67. The summed E-state index contributed by atoms with van der Waals surface area (Å²) in [6.45, 7) is 7.90. The topological polar surface area (TPSA) is 32.5 Å². The van der Waals surface area contributed by atoms with E-state index in [1.54, 1.807) is 0 Å². The van der Waals surface area contributed by atoms with Crippen molar-refractivity contribution in [3.8, 4) is 0 Å². The molecule has 1 aliphatic carbocycles. The van der Waals surface area contributed by atoms with Gasteiger partial charge in [0.1, 0.15) is 0 Å². The second-order valence-corrected chi connectivity index (χ2v) is 6.95. The fourth-order valence-corrected chi connectivity index (χ4v) is 3.95. The molecule has 0 aromatic heterocycles. The van der Waals surface area contributed by atoms with E-state index in [4.69, 9.17) is 5.73 Å². The summed E-state index contributed by atoms with van der Waals surface area (Å²) in [5.41, 5.74) is 6.09. The third-order valence-corrected chi connectivity index (χ3v) is 5.51. The number of hydrogen-bond acceptors (Lipinski definition) is 3. The van der Waals surface area contributed by atoms with Crippen LogP contribution >= 0.6 is 0 Å². The average molecular weight is 267 g/mol. The van der Waals surface area contributed by atoms with Gasteiger partial charge < -0.3 is 5.73 Å². The summed E-state index contributed by atoms with van der Waals surface area (Å²) in [4.78, 5) is 5.18. The third-order valence-electron chi connectivity index (χ3n) is 5.51. The van der Waals surface area contributed by atoms with Crippen molar-refractivity contribution in [3.05, 3.63) is 0 Å². The minimum Gasteiger partial charge on any atom is -0.329 e. The Morgan fingerprint density at radius 3 is 2.16 bits per heavy atom. The van der Waals surface area contributed by atoms with E-state index in [1.165, 1.54) is 51.6 Å². The summed E-state index contributed by atoms with van der Waals surface area (Å²) in [6, 6.07) is 1.93. The van der Waals surface area contributed by atoms with Crippen LogP contribution in [0.4, 0.5) is 0 Å². The van der Waals surface area contributed by atoms with E-state index >= 15 is 0 Å². The minimum absolute atomic E-state index is 0.613. The first-order valence-electron chi connectivity index (χ1n) is 8.27. The highest BCUT2D eigenvalue weighted by molar-refractivity contribution is 4.88. The molecule has 0 spiro atoms. The van der Waals surface area contributed by atoms with Gasteiger partial charge in [-0.1, -0.05) is 32.1 Å². The fraction of sp³-hybridized carbons (Fsp3) is 1.00. The molecule has 3 unspecified atom stereocenters. The molecule has 1 saturated heterocycles. The number of piperazine rings is 1. The van der Waals surface area contributed by atoms with Crippen molar-refractivity contribution in [1.82, 2.24) is 9.80 Å². The second kappa shape index (κ2) is 7.05. The first kappa shape index (κ1) is 15.3. The molecule has 2 N–H and O–H groups in total. The van der Waals surface area contributed by atoms with Gasteiger partial charge in [-0.3, -0.25) is 9.80 Å². The van der Waals surface area contributed by atoms with Crippen molar-refractivity contribution >= 4 is 0 Å². The summed E-state index contributed by atoms with van der Waals surface area (Å²) in [7, 11) is 2.26. The number of nitrogens with zero attached hydrogens (tertiary/aromatic N) is 2. The highest BCUT2D eigenvalue weighted by atomic mass is 15.3. The lowest BCUT2D eigenvalue weighted by molar-refractivity contribution is 0.0273. The van der Waals surface area contributed by atoms with Gasteiger partial charge in [0, 0.05) is 37.8 Å². The molecule has 3 nitrogen and oxygen atoms in total. The molecule has 1 heterocycles. The number of nitrogens with two attached hydrogens (primary N) is 1. The van der Waals surface area contributed by atoms with Crippen LogP contribution in [0, 0.1) is 5.92 Å². The Balaban J connectivity index is 1.89. The largest absolute Gasteiger partial charge is 0.329 e. The Morgan fingerprint density at radius 1 is 1.05 bits per heavy atom. The van der Waals surface area contributed by atoms with E-state index in [0.717, 1.165) is 12.5 Å². The van der Waals surface area contributed by atoms with Gasteiger partial charge in [0.05, 0.1) is 0 Å². The molecule has 2 aliphatic rings. The monoisotopic (exact) mass is 267 g/mol. The van der Waals surface area contributed by atoms with Crippen LogP contribution in [0.25, 0.3) is 0 Å². The highest BCUT2D eigenvalue weighted by Crippen LogP contribution is 2.29. The molecular formula is C16H33N3. The maximum absolute atomic E-state index is 6.09. The van der Waals surface area contributed by atoms with Crippen molar-refractivity contribution in [1.29, 1.82) is 0 Å². The van der Waals surface area contributed by atoms with Crippen molar-refractivity contribution in [2.75, 3.05) is 26.7 Å². The van der Waals surface area contributed by atoms with Crippen LogP contribution in [0.15, 0.2) is 0 Å². The van der Waals surface area contributed by atoms with Crippen LogP contribution in [-0.4, -0.2) is 54.6 Å². The van der Waals surface area contributed by atoms with Crippen LogP contribution in [0.2, 0.25) is 0 Å². The van der Waals surface area contributed by atoms with Crippen LogP contribution in [0.1, 0.15) is 52.4 Å². The second-order valence-electron chi connectivity index (χ2n) is 6.95. The molecular weight excluding hydrogens is 234 g/mol. The summed E-state index contributed by atoms with van der Waals surface area (Å²) in [6.07, 6.45) is 8.55. The predicted molar refractivity (Wildman–Crippen MR) is 82.3 cm³/mol. The number of likely N-dealkylation sites (N-methyl/N-ethyl adjacent to an activating group) is 1. The first-order chi connectivity index (χ1) is 9.11. The predicted octanol–water partition coefficient (Wildman–Crippen LogP) is 2.31. The zero-order chi connectivity index (χ0) is 13.8. The zero-order valence-electron chi connectivity index (χ0n) is 13.1. The van der Waals surface area contributed by atoms with Gasteiger partial charge in [0.25, 0.3) is 0 Å². The van der Waals surface area contributed by atoms with Gasteiger partial charge in [0.2, 0.25) is 0 Å². The van der Waals surface area contributed by atoms with Crippen LogP contribution < -0.4 is 5.73 Å². The van der Waals surface area contributed by atoms with E-state index in [1.807, 2.05) is 0 Å². The van der Waals surface area contributed by atoms with Crippen molar-refractivity contribution in [3.63, 3.8) is 0 Å². The fourth-order valence-electron chi connectivity index (χ4n) is 3.95. The Labute approximate surface area is 119 Å².